The molecule has 6 nitrogen and oxygen atoms in total. The molecule has 1 N–H and O–H groups in total. The molecule has 0 atom stereocenters. The minimum Gasteiger partial charge on any atom is -0.334 e. The number of piperazine rings is 1. The van der Waals surface area contributed by atoms with Gasteiger partial charge in [0.25, 0.3) is 5.89 Å². The zero-order valence-corrected chi connectivity index (χ0v) is 12.1. The molecule has 0 unspecified atom stereocenters. The lowest BCUT2D eigenvalue weighted by Gasteiger charge is -2.38. The Morgan fingerprint density at radius 2 is 2.10 bits per heavy atom. The third kappa shape index (κ3) is 2.66. The fourth-order valence-corrected chi connectivity index (χ4v) is 2.50. The fourth-order valence-electron chi connectivity index (χ4n) is 2.50. The first kappa shape index (κ1) is 14.1. The quantitative estimate of drug-likeness (QED) is 0.922. The second-order valence-corrected chi connectivity index (χ2v) is 5.57. The Balaban J connectivity index is 1.89. The van der Waals surface area contributed by atoms with E-state index < -0.39 is 5.82 Å². The molecule has 0 amide bonds. The topological polar surface area (TPSA) is 67.1 Å². The zero-order chi connectivity index (χ0) is 14.9. The predicted octanol–water partition coefficient (Wildman–Crippen LogP) is 1.41. The Morgan fingerprint density at radius 1 is 1.33 bits per heavy atom. The van der Waals surface area contributed by atoms with Gasteiger partial charge in [0.15, 0.2) is 11.6 Å². The van der Waals surface area contributed by atoms with Gasteiger partial charge in [0.2, 0.25) is 0 Å². The summed E-state index contributed by atoms with van der Waals surface area (Å²) in [6, 6.07) is 1.53. The van der Waals surface area contributed by atoms with E-state index in [0.717, 1.165) is 32.4 Å². The standard InChI is InChI=1S/C14H18FN5O/c1-14(2,20-7-5-16-6-8-20)13-18-12(21-19-13)10-3-4-17-9-11(10)15/h3-4,9,16H,5-8H2,1-2H3. The van der Waals surface area contributed by atoms with Crippen molar-refractivity contribution in [1.82, 2.24) is 25.3 Å². The number of hydrogen-bond donors (Lipinski definition) is 1. The van der Waals surface area contributed by atoms with Gasteiger partial charge >= 0.3 is 0 Å². The molecule has 1 aliphatic rings. The highest BCUT2D eigenvalue weighted by Gasteiger charge is 2.34. The molecule has 2 aromatic heterocycles. The first-order valence-electron chi connectivity index (χ1n) is 6.99. The number of aromatic nitrogens is 3. The third-order valence-corrected chi connectivity index (χ3v) is 3.88. The van der Waals surface area contributed by atoms with Crippen LogP contribution in [0, 0.1) is 5.82 Å². The van der Waals surface area contributed by atoms with E-state index in [9.17, 15) is 4.39 Å². The Hall–Kier alpha value is -1.86. The SMILES string of the molecule is CC(C)(c1noc(-c2ccncc2F)n1)N1CCNCC1. The number of nitrogens with zero attached hydrogens (tertiary/aromatic N) is 4. The van der Waals surface area contributed by atoms with Crippen LogP contribution in [0.25, 0.3) is 11.5 Å². The highest BCUT2D eigenvalue weighted by Crippen LogP contribution is 2.28. The van der Waals surface area contributed by atoms with Gasteiger partial charge in [-0.25, -0.2) is 4.39 Å². The molecule has 3 rings (SSSR count). The summed E-state index contributed by atoms with van der Waals surface area (Å²) in [6.45, 7) is 7.81. The van der Waals surface area contributed by atoms with Crippen molar-refractivity contribution >= 4 is 0 Å². The average Bonchev–Trinajstić information content (AvgIpc) is 2.99. The van der Waals surface area contributed by atoms with Gasteiger partial charge in [-0.05, 0) is 19.9 Å². The molecule has 112 valence electrons. The summed E-state index contributed by atoms with van der Waals surface area (Å²) in [5, 5.41) is 7.36. The molecular weight excluding hydrogens is 273 g/mol. The zero-order valence-electron chi connectivity index (χ0n) is 12.1. The second-order valence-electron chi connectivity index (χ2n) is 5.57. The summed E-state index contributed by atoms with van der Waals surface area (Å²) < 4.78 is 19.0. The van der Waals surface area contributed by atoms with E-state index in [2.05, 4.69) is 39.2 Å². The lowest BCUT2D eigenvalue weighted by Crippen LogP contribution is -2.52. The van der Waals surface area contributed by atoms with Crippen LogP contribution in [-0.2, 0) is 5.54 Å². The molecule has 2 aromatic rings. The number of nitrogens with one attached hydrogen (secondary N) is 1. The van der Waals surface area contributed by atoms with Crippen LogP contribution < -0.4 is 5.32 Å². The second kappa shape index (κ2) is 5.50. The van der Waals surface area contributed by atoms with Crippen molar-refractivity contribution in [1.29, 1.82) is 0 Å². The van der Waals surface area contributed by atoms with Gasteiger partial charge in [-0.2, -0.15) is 4.98 Å². The van der Waals surface area contributed by atoms with Crippen LogP contribution in [0.15, 0.2) is 23.0 Å². The fraction of sp³-hybridized carbons (Fsp3) is 0.500. The Labute approximate surface area is 122 Å². The van der Waals surface area contributed by atoms with E-state index in [1.54, 1.807) is 0 Å². The number of pyridine rings is 1. The Bertz CT molecular complexity index is 621. The highest BCUT2D eigenvalue weighted by atomic mass is 19.1. The summed E-state index contributed by atoms with van der Waals surface area (Å²) in [5.74, 6) is 0.288. The van der Waals surface area contributed by atoms with Gasteiger partial charge in [-0.1, -0.05) is 5.16 Å². The van der Waals surface area contributed by atoms with Crippen molar-refractivity contribution in [2.45, 2.75) is 19.4 Å². The molecule has 1 saturated heterocycles. The molecule has 0 spiro atoms. The molecule has 0 radical (unpaired) electrons. The smallest absolute Gasteiger partial charge is 0.261 e. The van der Waals surface area contributed by atoms with E-state index in [0.29, 0.717) is 5.82 Å². The number of rotatable bonds is 3. The van der Waals surface area contributed by atoms with Crippen LogP contribution in [0.4, 0.5) is 4.39 Å². The Morgan fingerprint density at radius 3 is 2.81 bits per heavy atom. The normalized spacial score (nSPS) is 17.1. The molecule has 3 heterocycles. The predicted molar refractivity (Wildman–Crippen MR) is 75.0 cm³/mol. The lowest BCUT2D eigenvalue weighted by atomic mass is 10.0. The van der Waals surface area contributed by atoms with Crippen molar-refractivity contribution in [3.05, 3.63) is 30.1 Å². The maximum Gasteiger partial charge on any atom is 0.261 e. The van der Waals surface area contributed by atoms with Gasteiger partial charge < -0.3 is 9.84 Å². The minimum atomic E-state index is -0.465. The van der Waals surface area contributed by atoms with Gasteiger partial charge in [-0.15, -0.1) is 0 Å². The highest BCUT2D eigenvalue weighted by molar-refractivity contribution is 5.52. The lowest BCUT2D eigenvalue weighted by molar-refractivity contribution is 0.0925. The van der Waals surface area contributed by atoms with Gasteiger partial charge in [0.05, 0.1) is 17.3 Å². The van der Waals surface area contributed by atoms with Crippen LogP contribution in [0.1, 0.15) is 19.7 Å². The number of hydrogen-bond acceptors (Lipinski definition) is 6. The third-order valence-electron chi connectivity index (χ3n) is 3.88. The molecule has 1 fully saturated rings. The van der Waals surface area contributed by atoms with Gasteiger partial charge in [0, 0.05) is 32.4 Å². The molecule has 0 aromatic carbocycles. The van der Waals surface area contributed by atoms with E-state index in [1.165, 1.54) is 12.3 Å². The van der Waals surface area contributed by atoms with Crippen molar-refractivity contribution < 1.29 is 8.91 Å². The molecule has 0 aliphatic carbocycles. The average molecular weight is 291 g/mol. The van der Waals surface area contributed by atoms with E-state index in [1.807, 2.05) is 0 Å². The van der Waals surface area contributed by atoms with Crippen LogP contribution in [-0.4, -0.2) is 46.2 Å². The maximum absolute atomic E-state index is 13.7. The number of halogens is 1. The molecule has 0 bridgehead atoms. The largest absolute Gasteiger partial charge is 0.334 e. The monoisotopic (exact) mass is 291 g/mol. The summed E-state index contributed by atoms with van der Waals surface area (Å²) in [4.78, 5) is 10.4. The molecule has 7 heteroatoms. The van der Waals surface area contributed by atoms with Crippen LogP contribution >= 0.6 is 0 Å². The van der Waals surface area contributed by atoms with Crippen LogP contribution in [0.5, 0.6) is 0 Å². The minimum absolute atomic E-state index is 0.188. The molecule has 1 aliphatic heterocycles. The van der Waals surface area contributed by atoms with Crippen molar-refractivity contribution in [2.24, 2.45) is 0 Å². The molecule has 0 saturated carbocycles. The van der Waals surface area contributed by atoms with Crippen LogP contribution in [0.3, 0.4) is 0 Å². The van der Waals surface area contributed by atoms with E-state index in [-0.39, 0.29) is 17.0 Å². The van der Waals surface area contributed by atoms with E-state index >= 15 is 0 Å². The molecule has 21 heavy (non-hydrogen) atoms. The Kier molecular flexibility index (Phi) is 3.69. The van der Waals surface area contributed by atoms with Crippen molar-refractivity contribution in [3.63, 3.8) is 0 Å². The van der Waals surface area contributed by atoms with Crippen molar-refractivity contribution in [3.8, 4) is 11.5 Å². The van der Waals surface area contributed by atoms with Crippen molar-refractivity contribution in [2.75, 3.05) is 26.2 Å². The summed E-state index contributed by atoms with van der Waals surface area (Å²) >= 11 is 0. The summed E-state index contributed by atoms with van der Waals surface area (Å²) in [5.41, 5.74) is -0.0762. The first-order chi connectivity index (χ1) is 10.1. The summed E-state index contributed by atoms with van der Waals surface area (Å²) in [7, 11) is 0. The molecular formula is C14H18FN5O. The van der Waals surface area contributed by atoms with Gasteiger partial charge in [0.1, 0.15) is 0 Å². The maximum atomic E-state index is 13.7. The van der Waals surface area contributed by atoms with E-state index in [4.69, 9.17) is 4.52 Å². The van der Waals surface area contributed by atoms with Crippen LogP contribution in [0.2, 0.25) is 0 Å². The first-order valence-corrected chi connectivity index (χ1v) is 6.99. The van der Waals surface area contributed by atoms with Gasteiger partial charge in [-0.3, -0.25) is 9.88 Å². The summed E-state index contributed by atoms with van der Waals surface area (Å²) in [6.07, 6.45) is 2.64.